The van der Waals surface area contributed by atoms with Crippen molar-refractivity contribution in [3.05, 3.63) is 35.4 Å². The van der Waals surface area contributed by atoms with Gasteiger partial charge in [0.05, 0.1) is 6.10 Å². The summed E-state index contributed by atoms with van der Waals surface area (Å²) in [4.78, 5) is 12.0. The predicted octanol–water partition coefficient (Wildman–Crippen LogP) is -2.18. The number of nitrogens with one attached hydrogen (secondary N) is 1. The fourth-order valence-corrected chi connectivity index (χ4v) is 2.09. The number of ether oxygens (including phenoxy) is 1. The van der Waals surface area contributed by atoms with Crippen molar-refractivity contribution in [1.29, 1.82) is 0 Å². The fraction of sp³-hybridized carbons (Fsp3) is 0.500. The monoisotopic (exact) mass is 286 g/mol. The molecule has 0 spiro atoms. The van der Waals surface area contributed by atoms with Gasteiger partial charge in [-0.05, 0) is 19.8 Å². The molecule has 2 unspecified atom stereocenters. The second-order valence-electron chi connectivity index (χ2n) is 4.84. The summed E-state index contributed by atoms with van der Waals surface area (Å²) >= 11 is 0. The summed E-state index contributed by atoms with van der Waals surface area (Å²) in [5, 5.41) is 2.91. The van der Waals surface area contributed by atoms with Crippen LogP contribution >= 0.6 is 0 Å². The first-order valence-electron chi connectivity index (χ1n) is 6.46. The minimum atomic E-state index is -0.355. The molecule has 0 radical (unpaired) electrons. The number of benzene rings is 1. The fourth-order valence-electron chi connectivity index (χ4n) is 2.09. The number of aryl methyl sites for hydroxylation is 1. The van der Waals surface area contributed by atoms with Gasteiger partial charge in [0.15, 0.2) is 6.04 Å². The Bertz CT molecular complexity index is 408. The normalized spacial score (nSPS) is 19.6. The van der Waals surface area contributed by atoms with Crippen LogP contribution in [0.1, 0.15) is 31.4 Å². The molecule has 19 heavy (non-hydrogen) atoms. The summed E-state index contributed by atoms with van der Waals surface area (Å²) in [6.07, 6.45) is 2.30. The molecule has 1 aliphatic rings. The van der Waals surface area contributed by atoms with Crippen LogP contribution in [-0.4, -0.2) is 25.2 Å². The van der Waals surface area contributed by atoms with E-state index in [9.17, 15) is 4.79 Å². The molecule has 5 heteroatoms. The molecule has 0 aliphatic carbocycles. The van der Waals surface area contributed by atoms with Gasteiger partial charge in [-0.2, -0.15) is 0 Å². The molecule has 0 saturated carbocycles. The smallest absolute Gasteiger partial charge is 0.283 e. The quantitative estimate of drug-likeness (QED) is 0.661. The zero-order chi connectivity index (χ0) is 13.0. The molecule has 1 aromatic rings. The maximum Gasteiger partial charge on any atom is 0.283 e. The number of amides is 1. The van der Waals surface area contributed by atoms with Gasteiger partial charge in [0, 0.05) is 20.1 Å². The van der Waals surface area contributed by atoms with E-state index in [4.69, 9.17) is 4.74 Å². The lowest BCUT2D eigenvalue weighted by molar-refractivity contribution is -0.409. The lowest BCUT2D eigenvalue weighted by Gasteiger charge is -2.13. The molecule has 0 aromatic heterocycles. The standard InChI is InChI=1S/C14H20N2O2.ClH.H2/c1-10-4-6-11(7-5-10)13(15)14(17)16-9-12-3-2-8-18-12;;/h4-7,12-13H,2-3,8-9,15H2,1H3,(H,16,17);2*1H. The number of hydrogen-bond acceptors (Lipinski definition) is 2. The first-order valence-corrected chi connectivity index (χ1v) is 6.46. The highest BCUT2D eigenvalue weighted by atomic mass is 35.5. The topological polar surface area (TPSA) is 66.0 Å². The first kappa shape index (κ1) is 16.0. The number of quaternary nitrogens is 1. The SMILES string of the molecule is Cc1ccc(C([NH3+])C(=O)NCC2CCCO2)cc1.[Cl-].[HH]. The Morgan fingerprint density at radius 2 is 2.21 bits per heavy atom. The van der Waals surface area contributed by atoms with Gasteiger partial charge in [0.25, 0.3) is 5.91 Å². The zero-order valence-electron chi connectivity index (χ0n) is 11.2. The zero-order valence-corrected chi connectivity index (χ0v) is 12.0. The van der Waals surface area contributed by atoms with E-state index in [1.807, 2.05) is 31.2 Å². The van der Waals surface area contributed by atoms with E-state index in [-0.39, 0.29) is 31.9 Å². The number of rotatable bonds is 4. The van der Waals surface area contributed by atoms with Gasteiger partial charge in [0.1, 0.15) is 0 Å². The van der Waals surface area contributed by atoms with Gasteiger partial charge >= 0.3 is 0 Å². The van der Waals surface area contributed by atoms with Crippen molar-refractivity contribution in [2.75, 3.05) is 13.2 Å². The lowest BCUT2D eigenvalue weighted by atomic mass is 10.1. The van der Waals surface area contributed by atoms with E-state index in [1.54, 1.807) is 0 Å². The number of hydrogen-bond donors (Lipinski definition) is 2. The van der Waals surface area contributed by atoms with Crippen LogP contribution in [0, 0.1) is 6.92 Å². The van der Waals surface area contributed by atoms with Crippen molar-refractivity contribution in [2.45, 2.75) is 31.9 Å². The molecule has 108 valence electrons. The average Bonchev–Trinajstić information content (AvgIpc) is 2.89. The van der Waals surface area contributed by atoms with Crippen molar-refractivity contribution in [1.82, 2.24) is 5.32 Å². The van der Waals surface area contributed by atoms with E-state index in [0.717, 1.165) is 25.0 Å². The predicted molar refractivity (Wildman–Crippen MR) is 70.9 cm³/mol. The molecule has 2 rings (SSSR count). The Morgan fingerprint density at radius 3 is 2.79 bits per heavy atom. The van der Waals surface area contributed by atoms with Crippen molar-refractivity contribution in [3.63, 3.8) is 0 Å². The summed E-state index contributed by atoms with van der Waals surface area (Å²) in [6, 6.07) is 7.56. The molecule has 1 aromatic carbocycles. The Labute approximate surface area is 121 Å². The summed E-state index contributed by atoms with van der Waals surface area (Å²) in [5.74, 6) is -0.0330. The van der Waals surface area contributed by atoms with Gasteiger partial charge < -0.3 is 28.2 Å². The average molecular weight is 287 g/mol. The minimum absolute atomic E-state index is 0. The van der Waals surface area contributed by atoms with Gasteiger partial charge in [-0.15, -0.1) is 0 Å². The summed E-state index contributed by atoms with van der Waals surface area (Å²) in [7, 11) is 0. The highest BCUT2D eigenvalue weighted by molar-refractivity contribution is 5.81. The molecule has 2 atom stereocenters. The van der Waals surface area contributed by atoms with Crippen LogP contribution in [0.25, 0.3) is 0 Å². The van der Waals surface area contributed by atoms with E-state index in [2.05, 4.69) is 11.1 Å². The lowest BCUT2D eigenvalue weighted by Crippen LogP contribution is -3.00. The molecular weight excluding hydrogens is 264 g/mol. The van der Waals surface area contributed by atoms with Crippen LogP contribution in [0.3, 0.4) is 0 Å². The molecule has 0 bridgehead atoms. The maximum absolute atomic E-state index is 12.0. The van der Waals surface area contributed by atoms with Crippen molar-refractivity contribution >= 4 is 5.91 Å². The molecule has 1 saturated heterocycles. The Morgan fingerprint density at radius 1 is 1.53 bits per heavy atom. The molecule has 1 amide bonds. The Balaban J connectivity index is 0.00000180. The van der Waals surface area contributed by atoms with Crippen molar-refractivity contribution in [2.24, 2.45) is 0 Å². The van der Waals surface area contributed by atoms with E-state index < -0.39 is 0 Å². The van der Waals surface area contributed by atoms with E-state index in [0.29, 0.717) is 6.54 Å². The van der Waals surface area contributed by atoms with Crippen molar-refractivity contribution in [3.8, 4) is 0 Å². The highest BCUT2D eigenvalue weighted by Crippen LogP contribution is 2.12. The van der Waals surface area contributed by atoms with Crippen LogP contribution in [0.2, 0.25) is 0 Å². The largest absolute Gasteiger partial charge is 1.00 e. The number of halogens is 1. The van der Waals surface area contributed by atoms with Crippen molar-refractivity contribution < 1.29 is 29.1 Å². The van der Waals surface area contributed by atoms with Gasteiger partial charge in [0.2, 0.25) is 0 Å². The van der Waals surface area contributed by atoms with Crippen LogP contribution in [-0.2, 0) is 9.53 Å². The Kier molecular flexibility index (Phi) is 6.28. The highest BCUT2D eigenvalue weighted by Gasteiger charge is 2.22. The minimum Gasteiger partial charge on any atom is -1.00 e. The second kappa shape index (κ2) is 7.48. The van der Waals surface area contributed by atoms with Gasteiger partial charge in [-0.25, -0.2) is 0 Å². The Hall–Kier alpha value is -1.10. The number of carbonyl (C=O) groups is 1. The molecule has 1 fully saturated rings. The maximum atomic E-state index is 12.0. The van der Waals surface area contributed by atoms with Gasteiger partial charge in [-0.3, -0.25) is 4.79 Å². The summed E-state index contributed by atoms with van der Waals surface area (Å²) in [6.45, 7) is 3.43. The molecule has 1 aliphatic heterocycles. The van der Waals surface area contributed by atoms with Crippen LogP contribution in [0.4, 0.5) is 0 Å². The molecule has 4 N–H and O–H groups in total. The van der Waals surface area contributed by atoms with Gasteiger partial charge in [-0.1, -0.05) is 29.8 Å². The second-order valence-corrected chi connectivity index (χ2v) is 4.84. The van der Waals surface area contributed by atoms with E-state index in [1.165, 1.54) is 5.56 Å². The third-order valence-corrected chi connectivity index (χ3v) is 3.32. The van der Waals surface area contributed by atoms with Crippen LogP contribution < -0.4 is 23.5 Å². The van der Waals surface area contributed by atoms with E-state index >= 15 is 0 Å². The third-order valence-electron chi connectivity index (χ3n) is 3.32. The summed E-state index contributed by atoms with van der Waals surface area (Å²) < 4.78 is 5.47. The number of carbonyl (C=O) groups excluding carboxylic acids is 1. The first-order chi connectivity index (χ1) is 8.66. The third kappa shape index (κ3) is 4.49. The molecule has 1 heterocycles. The molecule has 4 nitrogen and oxygen atoms in total. The molecular formula is C14H23ClN2O2. The summed E-state index contributed by atoms with van der Waals surface area (Å²) in [5.41, 5.74) is 6.07. The van der Waals surface area contributed by atoms with Crippen LogP contribution in [0.15, 0.2) is 24.3 Å². The van der Waals surface area contributed by atoms with Crippen LogP contribution in [0.5, 0.6) is 0 Å².